The van der Waals surface area contributed by atoms with Gasteiger partial charge in [-0.3, -0.25) is 0 Å². The SMILES string of the molecule is CC1CCC2(C)C3(C)CCC(CC13)C2(O)CO. The van der Waals surface area contributed by atoms with Gasteiger partial charge in [-0.1, -0.05) is 20.8 Å². The average Bonchev–Trinajstić information content (AvgIpc) is 2.32. The molecular formula is C15H26O2. The lowest BCUT2D eigenvalue weighted by atomic mass is 9.34. The molecule has 2 heteroatoms. The molecule has 0 aliphatic heterocycles. The summed E-state index contributed by atoms with van der Waals surface area (Å²) in [4.78, 5) is 0. The first kappa shape index (κ1) is 12.0. The second-order valence-corrected chi connectivity index (χ2v) is 7.43. The molecule has 4 rings (SSSR count). The minimum atomic E-state index is -0.823. The highest BCUT2D eigenvalue weighted by atomic mass is 16.3. The molecule has 0 heterocycles. The molecule has 2 N–H and O–H groups in total. The summed E-state index contributed by atoms with van der Waals surface area (Å²) in [5.41, 5.74) is -0.666. The van der Waals surface area contributed by atoms with Crippen LogP contribution in [-0.2, 0) is 0 Å². The van der Waals surface area contributed by atoms with Crippen LogP contribution in [0, 0.1) is 28.6 Å². The topological polar surface area (TPSA) is 40.5 Å². The lowest BCUT2D eigenvalue weighted by Gasteiger charge is -2.72. The molecule has 0 amide bonds. The van der Waals surface area contributed by atoms with Crippen LogP contribution < -0.4 is 0 Å². The first-order valence-corrected chi connectivity index (χ1v) is 7.22. The molecule has 0 saturated heterocycles. The number of aliphatic hydroxyl groups excluding tert-OH is 1. The molecule has 0 spiro atoms. The quantitative estimate of drug-likeness (QED) is 0.737. The molecule has 0 aromatic carbocycles. The van der Waals surface area contributed by atoms with E-state index in [1.54, 1.807) is 0 Å². The van der Waals surface area contributed by atoms with Gasteiger partial charge in [-0.05, 0) is 55.3 Å². The van der Waals surface area contributed by atoms with E-state index in [2.05, 4.69) is 20.8 Å². The van der Waals surface area contributed by atoms with Gasteiger partial charge in [-0.2, -0.15) is 0 Å². The van der Waals surface area contributed by atoms with Crippen molar-refractivity contribution in [1.82, 2.24) is 0 Å². The van der Waals surface area contributed by atoms with Crippen molar-refractivity contribution in [2.24, 2.45) is 28.6 Å². The molecule has 6 atom stereocenters. The van der Waals surface area contributed by atoms with Crippen molar-refractivity contribution in [2.75, 3.05) is 6.61 Å². The third kappa shape index (κ3) is 1.10. The van der Waals surface area contributed by atoms with E-state index in [9.17, 15) is 10.2 Å². The van der Waals surface area contributed by atoms with Crippen LogP contribution in [0.1, 0.15) is 52.9 Å². The van der Waals surface area contributed by atoms with Crippen molar-refractivity contribution < 1.29 is 10.2 Å². The van der Waals surface area contributed by atoms with Crippen LogP contribution in [0.15, 0.2) is 0 Å². The van der Waals surface area contributed by atoms with Crippen LogP contribution in [0.2, 0.25) is 0 Å². The summed E-state index contributed by atoms with van der Waals surface area (Å²) in [7, 11) is 0. The van der Waals surface area contributed by atoms with Crippen molar-refractivity contribution in [3.63, 3.8) is 0 Å². The fourth-order valence-electron chi connectivity index (χ4n) is 5.79. The zero-order valence-corrected chi connectivity index (χ0v) is 11.4. The van der Waals surface area contributed by atoms with Crippen LogP contribution in [0.5, 0.6) is 0 Å². The molecule has 6 unspecified atom stereocenters. The maximum absolute atomic E-state index is 11.0. The summed E-state index contributed by atoms with van der Waals surface area (Å²) < 4.78 is 0. The van der Waals surface area contributed by atoms with Gasteiger partial charge in [0, 0.05) is 5.41 Å². The fraction of sp³-hybridized carbons (Fsp3) is 1.00. The molecule has 4 bridgehead atoms. The Balaban J connectivity index is 2.12. The van der Waals surface area contributed by atoms with Crippen LogP contribution in [0.4, 0.5) is 0 Å². The maximum atomic E-state index is 11.0. The van der Waals surface area contributed by atoms with Gasteiger partial charge in [-0.25, -0.2) is 0 Å². The molecular weight excluding hydrogens is 212 g/mol. The standard InChI is InChI=1S/C15H26O2/c1-10-4-7-14(3)13(2)6-5-11(8-12(10)13)15(14,17)9-16/h10-12,16-17H,4-9H2,1-3H3. The monoisotopic (exact) mass is 238 g/mol. The van der Waals surface area contributed by atoms with Gasteiger partial charge in [0.05, 0.1) is 12.2 Å². The Hall–Kier alpha value is -0.0800. The number of aliphatic hydroxyl groups is 2. The van der Waals surface area contributed by atoms with Gasteiger partial charge in [0.25, 0.3) is 0 Å². The Labute approximate surface area is 104 Å². The van der Waals surface area contributed by atoms with Gasteiger partial charge >= 0.3 is 0 Å². The summed E-state index contributed by atoms with van der Waals surface area (Å²) in [6, 6.07) is 0. The smallest absolute Gasteiger partial charge is 0.0963 e. The third-order valence-corrected chi connectivity index (χ3v) is 7.29. The predicted octanol–water partition coefficient (Wildman–Crippen LogP) is 2.58. The number of fused-ring (bicyclic) bond motifs is 1. The summed E-state index contributed by atoms with van der Waals surface area (Å²) in [5.74, 6) is 1.87. The Morgan fingerprint density at radius 2 is 1.88 bits per heavy atom. The van der Waals surface area contributed by atoms with Crippen LogP contribution >= 0.6 is 0 Å². The highest BCUT2D eigenvalue weighted by molar-refractivity contribution is 5.20. The molecule has 17 heavy (non-hydrogen) atoms. The summed E-state index contributed by atoms with van der Waals surface area (Å²) >= 11 is 0. The van der Waals surface area contributed by atoms with E-state index in [0.717, 1.165) is 31.1 Å². The van der Waals surface area contributed by atoms with Crippen molar-refractivity contribution >= 4 is 0 Å². The molecule has 4 aliphatic carbocycles. The van der Waals surface area contributed by atoms with E-state index in [-0.39, 0.29) is 17.4 Å². The van der Waals surface area contributed by atoms with Gasteiger partial charge in [0.2, 0.25) is 0 Å². The predicted molar refractivity (Wildman–Crippen MR) is 67.5 cm³/mol. The van der Waals surface area contributed by atoms with Crippen molar-refractivity contribution in [3.05, 3.63) is 0 Å². The van der Waals surface area contributed by atoms with E-state index in [4.69, 9.17) is 0 Å². The Morgan fingerprint density at radius 1 is 1.18 bits per heavy atom. The van der Waals surface area contributed by atoms with Crippen LogP contribution in [0.25, 0.3) is 0 Å². The molecule has 0 aromatic rings. The molecule has 4 aliphatic rings. The lowest BCUT2D eigenvalue weighted by molar-refractivity contribution is -0.297. The van der Waals surface area contributed by atoms with E-state index in [1.165, 1.54) is 12.8 Å². The molecule has 4 saturated carbocycles. The van der Waals surface area contributed by atoms with Crippen molar-refractivity contribution in [1.29, 1.82) is 0 Å². The largest absolute Gasteiger partial charge is 0.393 e. The first-order chi connectivity index (χ1) is 7.89. The average molecular weight is 238 g/mol. The Morgan fingerprint density at radius 3 is 2.53 bits per heavy atom. The molecule has 98 valence electrons. The second-order valence-electron chi connectivity index (χ2n) is 7.43. The summed E-state index contributed by atoms with van der Waals surface area (Å²) in [5, 5.41) is 20.8. The van der Waals surface area contributed by atoms with Crippen molar-refractivity contribution in [2.45, 2.75) is 58.5 Å². The van der Waals surface area contributed by atoms with E-state index in [0.29, 0.717) is 5.92 Å². The summed E-state index contributed by atoms with van der Waals surface area (Å²) in [6.45, 7) is 6.95. The first-order valence-electron chi connectivity index (χ1n) is 7.22. The maximum Gasteiger partial charge on any atom is 0.0963 e. The lowest BCUT2D eigenvalue weighted by Crippen LogP contribution is -2.72. The van der Waals surface area contributed by atoms with Gasteiger partial charge in [0.15, 0.2) is 0 Å². The number of hydrogen-bond donors (Lipinski definition) is 2. The van der Waals surface area contributed by atoms with Crippen LogP contribution in [-0.4, -0.2) is 22.4 Å². The highest BCUT2D eigenvalue weighted by Crippen LogP contribution is 2.72. The van der Waals surface area contributed by atoms with Gasteiger partial charge in [-0.15, -0.1) is 0 Å². The molecule has 0 aromatic heterocycles. The fourth-order valence-corrected chi connectivity index (χ4v) is 5.79. The number of rotatable bonds is 1. The van der Waals surface area contributed by atoms with E-state index >= 15 is 0 Å². The minimum absolute atomic E-state index is 0.0507. The number of hydrogen-bond acceptors (Lipinski definition) is 2. The Kier molecular flexibility index (Phi) is 2.30. The second kappa shape index (κ2) is 3.27. The normalized spacial score (nSPS) is 61.6. The summed E-state index contributed by atoms with van der Waals surface area (Å²) in [6.07, 6.45) is 5.77. The molecule has 0 radical (unpaired) electrons. The van der Waals surface area contributed by atoms with E-state index in [1.807, 2.05) is 0 Å². The molecule has 2 nitrogen and oxygen atoms in total. The van der Waals surface area contributed by atoms with E-state index < -0.39 is 5.60 Å². The van der Waals surface area contributed by atoms with Crippen molar-refractivity contribution in [3.8, 4) is 0 Å². The highest BCUT2D eigenvalue weighted by Gasteiger charge is 2.70. The Bertz CT molecular complexity index is 342. The van der Waals surface area contributed by atoms with Crippen LogP contribution in [0.3, 0.4) is 0 Å². The zero-order valence-electron chi connectivity index (χ0n) is 11.4. The zero-order chi connectivity index (χ0) is 12.5. The molecule has 4 fully saturated rings. The minimum Gasteiger partial charge on any atom is -0.393 e. The van der Waals surface area contributed by atoms with Gasteiger partial charge < -0.3 is 10.2 Å². The van der Waals surface area contributed by atoms with Gasteiger partial charge in [0.1, 0.15) is 0 Å². The third-order valence-electron chi connectivity index (χ3n) is 7.29.